The third kappa shape index (κ3) is 9.02. The van der Waals surface area contributed by atoms with Crippen molar-refractivity contribution in [2.24, 2.45) is 0 Å². The van der Waals surface area contributed by atoms with Gasteiger partial charge in [-0.15, -0.1) is 0 Å². The smallest absolute Gasteiger partial charge is 0.326 e. The van der Waals surface area contributed by atoms with Crippen molar-refractivity contribution in [1.29, 1.82) is 0 Å². The normalized spacial score (nSPS) is 11.9. The highest BCUT2D eigenvalue weighted by molar-refractivity contribution is 5.83. The number of benzene rings is 1. The Kier molecular flexibility index (Phi) is 11.4. The van der Waals surface area contributed by atoms with Gasteiger partial charge in [0.1, 0.15) is 6.04 Å². The molecule has 0 saturated heterocycles. The number of nitrogens with zero attached hydrogens (tertiary/aromatic N) is 1. The van der Waals surface area contributed by atoms with Gasteiger partial charge in [0.2, 0.25) is 5.91 Å². The minimum atomic E-state index is -0.947. The van der Waals surface area contributed by atoms with E-state index < -0.39 is 12.0 Å². The molecule has 0 unspecified atom stereocenters. The van der Waals surface area contributed by atoms with Crippen molar-refractivity contribution in [3.05, 3.63) is 35.9 Å². The standard InChI is InChI=1S/C22H35NO3/c1-3-4-5-6-7-8-9-10-14-17-21(24)23(2)20(22(25)26)18-19-15-12-11-13-16-19/h11-13,15-16,20H,3-10,14,17-18H2,1-2H3,(H,25,26)/t20-/m0/s1. The monoisotopic (exact) mass is 361 g/mol. The highest BCUT2D eigenvalue weighted by atomic mass is 16.4. The van der Waals surface area contributed by atoms with E-state index in [1.165, 1.54) is 43.4 Å². The van der Waals surface area contributed by atoms with Gasteiger partial charge in [0.25, 0.3) is 0 Å². The maximum atomic E-state index is 12.3. The maximum absolute atomic E-state index is 12.3. The molecule has 0 heterocycles. The van der Waals surface area contributed by atoms with Crippen molar-refractivity contribution in [3.8, 4) is 0 Å². The molecule has 4 nitrogen and oxygen atoms in total. The summed E-state index contributed by atoms with van der Waals surface area (Å²) >= 11 is 0. The molecule has 146 valence electrons. The van der Waals surface area contributed by atoms with E-state index in [-0.39, 0.29) is 5.91 Å². The Balaban J connectivity index is 2.27. The number of rotatable bonds is 14. The van der Waals surface area contributed by atoms with Crippen LogP contribution in [0, 0.1) is 0 Å². The zero-order chi connectivity index (χ0) is 19.2. The van der Waals surface area contributed by atoms with Gasteiger partial charge in [-0.05, 0) is 12.0 Å². The van der Waals surface area contributed by atoms with Crippen LogP contribution in [0.5, 0.6) is 0 Å². The van der Waals surface area contributed by atoms with Gasteiger partial charge in [-0.1, -0.05) is 88.6 Å². The van der Waals surface area contributed by atoms with Crippen LogP contribution < -0.4 is 0 Å². The summed E-state index contributed by atoms with van der Waals surface area (Å²) in [7, 11) is 1.61. The first-order valence-corrected chi connectivity index (χ1v) is 10.1. The summed E-state index contributed by atoms with van der Waals surface area (Å²) in [5.41, 5.74) is 0.933. The Labute approximate surface area is 158 Å². The van der Waals surface area contributed by atoms with Crippen LogP contribution in [0.25, 0.3) is 0 Å². The molecule has 0 bridgehead atoms. The van der Waals surface area contributed by atoms with Gasteiger partial charge in [0.15, 0.2) is 0 Å². The van der Waals surface area contributed by atoms with Crippen molar-refractivity contribution >= 4 is 11.9 Å². The zero-order valence-electron chi connectivity index (χ0n) is 16.5. The number of carbonyl (C=O) groups excluding carboxylic acids is 1. The number of hydrogen-bond donors (Lipinski definition) is 1. The average Bonchev–Trinajstić information content (AvgIpc) is 2.64. The highest BCUT2D eigenvalue weighted by Crippen LogP contribution is 2.13. The molecule has 0 radical (unpaired) electrons. The third-order valence-electron chi connectivity index (χ3n) is 4.91. The van der Waals surface area contributed by atoms with Crippen LogP contribution in [0.15, 0.2) is 30.3 Å². The second kappa shape index (κ2) is 13.4. The number of carbonyl (C=O) groups is 2. The summed E-state index contributed by atoms with van der Waals surface area (Å²) in [6.07, 6.45) is 11.6. The first-order valence-electron chi connectivity index (χ1n) is 10.1. The lowest BCUT2D eigenvalue weighted by molar-refractivity contribution is -0.149. The molecule has 0 aromatic heterocycles. The van der Waals surface area contributed by atoms with Gasteiger partial charge in [0.05, 0.1) is 0 Å². The van der Waals surface area contributed by atoms with Crippen molar-refractivity contribution in [1.82, 2.24) is 4.90 Å². The summed E-state index contributed by atoms with van der Waals surface area (Å²) in [5, 5.41) is 9.49. The van der Waals surface area contributed by atoms with Crippen molar-refractivity contribution in [3.63, 3.8) is 0 Å². The van der Waals surface area contributed by atoms with Crippen molar-refractivity contribution in [2.75, 3.05) is 7.05 Å². The van der Waals surface area contributed by atoms with Crippen LogP contribution in [0.3, 0.4) is 0 Å². The van der Waals surface area contributed by atoms with E-state index >= 15 is 0 Å². The summed E-state index contributed by atoms with van der Waals surface area (Å²) in [5.74, 6) is -1.02. The fourth-order valence-corrected chi connectivity index (χ4v) is 3.16. The third-order valence-corrected chi connectivity index (χ3v) is 4.91. The van der Waals surface area contributed by atoms with E-state index in [0.29, 0.717) is 12.8 Å². The van der Waals surface area contributed by atoms with Gasteiger partial charge in [-0.25, -0.2) is 4.79 Å². The van der Waals surface area contributed by atoms with Crippen LogP contribution in [0.1, 0.15) is 76.7 Å². The van der Waals surface area contributed by atoms with Gasteiger partial charge in [0, 0.05) is 19.9 Å². The SMILES string of the molecule is CCCCCCCCCCCC(=O)N(C)[C@@H](Cc1ccccc1)C(=O)O. The Bertz CT molecular complexity index is 515. The summed E-state index contributed by atoms with van der Waals surface area (Å²) in [4.78, 5) is 25.3. The number of carboxylic acid groups (broad SMARTS) is 1. The number of hydrogen-bond acceptors (Lipinski definition) is 2. The summed E-state index contributed by atoms with van der Waals surface area (Å²) < 4.78 is 0. The predicted molar refractivity (Wildman–Crippen MR) is 106 cm³/mol. The maximum Gasteiger partial charge on any atom is 0.326 e. The number of likely N-dealkylation sites (N-methyl/N-ethyl adjacent to an activating group) is 1. The van der Waals surface area contributed by atoms with E-state index in [9.17, 15) is 14.7 Å². The Morgan fingerprint density at radius 2 is 1.46 bits per heavy atom. The summed E-state index contributed by atoms with van der Waals surface area (Å²) in [6, 6.07) is 8.67. The number of aliphatic carboxylic acids is 1. The molecule has 1 amide bonds. The Morgan fingerprint density at radius 3 is 2.00 bits per heavy atom. The van der Waals surface area contributed by atoms with Gasteiger partial charge >= 0.3 is 5.97 Å². The zero-order valence-corrected chi connectivity index (χ0v) is 16.5. The highest BCUT2D eigenvalue weighted by Gasteiger charge is 2.26. The molecule has 4 heteroatoms. The molecule has 0 saturated carbocycles. The number of amides is 1. The number of carboxylic acids is 1. The van der Waals surface area contributed by atoms with Crippen molar-refractivity contribution in [2.45, 2.75) is 83.6 Å². The largest absolute Gasteiger partial charge is 0.480 e. The van der Waals surface area contributed by atoms with Crippen LogP contribution in [0.4, 0.5) is 0 Å². The first kappa shape index (κ1) is 22.2. The van der Waals surface area contributed by atoms with Crippen LogP contribution in [-0.2, 0) is 16.0 Å². The molecular weight excluding hydrogens is 326 g/mol. The van der Waals surface area contributed by atoms with Crippen molar-refractivity contribution < 1.29 is 14.7 Å². The second-order valence-corrected chi connectivity index (χ2v) is 7.13. The molecule has 0 aliphatic carbocycles. The van der Waals surface area contributed by atoms with Gasteiger partial charge < -0.3 is 10.0 Å². The predicted octanol–water partition coefficient (Wildman–Crippen LogP) is 5.06. The topological polar surface area (TPSA) is 57.6 Å². The van der Waals surface area contributed by atoms with Gasteiger partial charge in [-0.2, -0.15) is 0 Å². The quantitative estimate of drug-likeness (QED) is 0.471. The van der Waals surface area contributed by atoms with Crippen LogP contribution in [-0.4, -0.2) is 35.0 Å². The lowest BCUT2D eigenvalue weighted by atomic mass is 10.0. The molecule has 0 aliphatic heterocycles. The lowest BCUT2D eigenvalue weighted by Crippen LogP contribution is -2.43. The molecule has 0 aliphatic rings. The van der Waals surface area contributed by atoms with E-state index in [2.05, 4.69) is 6.92 Å². The molecule has 1 aromatic rings. The molecule has 1 rings (SSSR count). The fourth-order valence-electron chi connectivity index (χ4n) is 3.16. The average molecular weight is 362 g/mol. The van der Waals surface area contributed by atoms with E-state index in [1.807, 2.05) is 30.3 Å². The Hall–Kier alpha value is -1.84. The first-order chi connectivity index (χ1) is 12.6. The van der Waals surface area contributed by atoms with E-state index in [1.54, 1.807) is 7.05 Å². The van der Waals surface area contributed by atoms with Crippen LogP contribution >= 0.6 is 0 Å². The molecule has 1 atom stereocenters. The minimum Gasteiger partial charge on any atom is -0.480 e. The molecule has 0 fully saturated rings. The molecule has 0 spiro atoms. The fraction of sp³-hybridized carbons (Fsp3) is 0.636. The molecular formula is C22H35NO3. The van der Waals surface area contributed by atoms with Crippen LogP contribution in [0.2, 0.25) is 0 Å². The molecule has 1 N–H and O–H groups in total. The summed E-state index contributed by atoms with van der Waals surface area (Å²) in [6.45, 7) is 2.22. The Morgan fingerprint density at radius 1 is 0.923 bits per heavy atom. The molecule has 1 aromatic carbocycles. The minimum absolute atomic E-state index is 0.0729. The van der Waals surface area contributed by atoms with E-state index in [4.69, 9.17) is 0 Å². The second-order valence-electron chi connectivity index (χ2n) is 7.13. The van der Waals surface area contributed by atoms with E-state index in [0.717, 1.165) is 24.8 Å². The number of unbranched alkanes of at least 4 members (excludes halogenated alkanes) is 8. The molecule has 26 heavy (non-hydrogen) atoms. The lowest BCUT2D eigenvalue weighted by Gasteiger charge is -2.25. The van der Waals surface area contributed by atoms with Gasteiger partial charge in [-0.3, -0.25) is 4.79 Å².